The molecule has 0 radical (unpaired) electrons. The van der Waals surface area contributed by atoms with Gasteiger partial charge in [-0.1, -0.05) is 24.3 Å². The first-order chi connectivity index (χ1) is 8.18. The third kappa shape index (κ3) is 2.83. The van der Waals surface area contributed by atoms with Crippen molar-refractivity contribution in [2.45, 2.75) is 26.7 Å². The van der Waals surface area contributed by atoms with Gasteiger partial charge in [-0.25, -0.2) is 0 Å². The Labute approximate surface area is 106 Å². The van der Waals surface area contributed by atoms with Gasteiger partial charge in [0.2, 0.25) is 0 Å². The molecule has 0 amide bonds. The fraction of sp³-hybridized carbons (Fsp3) is 0.267. The molecular weight excluding hydrogens is 228 g/mol. The van der Waals surface area contributed by atoms with Crippen molar-refractivity contribution in [1.29, 1.82) is 0 Å². The Bertz CT molecular complexity index is 525. The molecule has 1 aromatic heterocycles. The smallest absolute Gasteiger partial charge is 0.164 e. The fourth-order valence-electron chi connectivity index (χ4n) is 1.95. The summed E-state index contributed by atoms with van der Waals surface area (Å²) in [5.74, 6) is 0.256. The van der Waals surface area contributed by atoms with Gasteiger partial charge < -0.3 is 0 Å². The van der Waals surface area contributed by atoms with Crippen LogP contribution < -0.4 is 0 Å². The van der Waals surface area contributed by atoms with Gasteiger partial charge in [-0.2, -0.15) is 0 Å². The highest BCUT2D eigenvalue weighted by Crippen LogP contribution is 2.18. The van der Waals surface area contributed by atoms with E-state index in [4.69, 9.17) is 0 Å². The highest BCUT2D eigenvalue weighted by atomic mass is 32.1. The lowest BCUT2D eigenvalue weighted by atomic mass is 10.0. The summed E-state index contributed by atoms with van der Waals surface area (Å²) in [7, 11) is 0. The van der Waals surface area contributed by atoms with E-state index in [9.17, 15) is 4.79 Å². The van der Waals surface area contributed by atoms with Gasteiger partial charge in [-0.15, -0.1) is 11.3 Å². The van der Waals surface area contributed by atoms with Crippen LogP contribution in [-0.2, 0) is 6.42 Å². The highest BCUT2D eigenvalue weighted by molar-refractivity contribution is 7.10. The van der Waals surface area contributed by atoms with E-state index in [1.807, 2.05) is 30.5 Å². The van der Waals surface area contributed by atoms with Crippen LogP contribution in [0.4, 0.5) is 0 Å². The molecule has 2 aromatic rings. The van der Waals surface area contributed by atoms with E-state index in [1.54, 1.807) is 11.3 Å². The summed E-state index contributed by atoms with van der Waals surface area (Å²) in [6.07, 6.45) is 1.43. The Morgan fingerprint density at radius 1 is 1.18 bits per heavy atom. The van der Waals surface area contributed by atoms with Crippen LogP contribution >= 0.6 is 11.3 Å². The molecule has 0 aliphatic rings. The number of rotatable bonds is 4. The maximum Gasteiger partial charge on any atom is 0.164 e. The number of hydrogen-bond donors (Lipinski definition) is 0. The zero-order valence-corrected chi connectivity index (χ0v) is 11.0. The van der Waals surface area contributed by atoms with Crippen molar-refractivity contribution in [3.8, 4) is 0 Å². The zero-order chi connectivity index (χ0) is 12.3. The average molecular weight is 244 g/mol. The van der Waals surface area contributed by atoms with Gasteiger partial charge in [0.05, 0.1) is 0 Å². The molecule has 0 aliphatic heterocycles. The summed E-state index contributed by atoms with van der Waals surface area (Å²) < 4.78 is 0. The first-order valence-electron chi connectivity index (χ1n) is 5.80. The minimum Gasteiger partial charge on any atom is -0.294 e. The van der Waals surface area contributed by atoms with Crippen molar-refractivity contribution in [2.75, 3.05) is 0 Å². The average Bonchev–Trinajstić information content (AvgIpc) is 2.74. The first-order valence-corrected chi connectivity index (χ1v) is 6.68. The topological polar surface area (TPSA) is 17.1 Å². The molecule has 1 heterocycles. The van der Waals surface area contributed by atoms with Gasteiger partial charge in [0.15, 0.2) is 5.78 Å². The first kappa shape index (κ1) is 12.1. The molecule has 0 unspecified atom stereocenters. The molecule has 0 saturated heterocycles. The number of ketones is 1. The van der Waals surface area contributed by atoms with E-state index in [2.05, 4.69) is 19.1 Å². The molecule has 0 N–H and O–H groups in total. The third-order valence-electron chi connectivity index (χ3n) is 3.04. The Kier molecular flexibility index (Phi) is 3.75. The second-order valence-corrected chi connectivity index (χ2v) is 5.36. The van der Waals surface area contributed by atoms with Gasteiger partial charge in [-0.05, 0) is 42.8 Å². The Morgan fingerprint density at radius 3 is 2.59 bits per heavy atom. The van der Waals surface area contributed by atoms with Crippen molar-refractivity contribution in [3.05, 3.63) is 57.3 Å². The maximum absolute atomic E-state index is 12.0. The molecule has 0 fully saturated rings. The summed E-state index contributed by atoms with van der Waals surface area (Å²) in [6, 6.07) is 10.2. The van der Waals surface area contributed by atoms with Crippen LogP contribution in [0.2, 0.25) is 0 Å². The van der Waals surface area contributed by atoms with Crippen molar-refractivity contribution in [2.24, 2.45) is 0 Å². The van der Waals surface area contributed by atoms with E-state index in [0.717, 1.165) is 16.9 Å². The van der Waals surface area contributed by atoms with Crippen molar-refractivity contribution in [1.82, 2.24) is 0 Å². The van der Waals surface area contributed by atoms with Crippen LogP contribution in [-0.4, -0.2) is 5.78 Å². The summed E-state index contributed by atoms with van der Waals surface area (Å²) in [5.41, 5.74) is 3.43. The number of carbonyl (C=O) groups excluding carboxylic acids is 1. The van der Waals surface area contributed by atoms with Gasteiger partial charge in [0.25, 0.3) is 0 Å². The van der Waals surface area contributed by atoms with E-state index in [-0.39, 0.29) is 5.78 Å². The molecule has 0 aliphatic carbocycles. The summed E-state index contributed by atoms with van der Waals surface area (Å²) in [5, 5.41) is 1.98. The van der Waals surface area contributed by atoms with Crippen LogP contribution in [0.15, 0.2) is 35.7 Å². The molecule has 17 heavy (non-hydrogen) atoms. The van der Waals surface area contributed by atoms with E-state index in [1.165, 1.54) is 11.1 Å². The van der Waals surface area contributed by atoms with Crippen molar-refractivity contribution < 1.29 is 4.79 Å². The fourth-order valence-corrected chi connectivity index (χ4v) is 2.66. The lowest BCUT2D eigenvalue weighted by Gasteiger charge is -2.04. The second kappa shape index (κ2) is 5.28. The largest absolute Gasteiger partial charge is 0.294 e. The standard InChI is InChI=1S/C15H16OS/c1-11-5-3-4-6-13(11)7-8-15(16)14-9-10-17-12(14)2/h3-6,9-10H,7-8H2,1-2H3. The third-order valence-corrected chi connectivity index (χ3v) is 3.89. The second-order valence-electron chi connectivity index (χ2n) is 4.24. The molecule has 1 nitrogen and oxygen atoms in total. The predicted octanol–water partition coefficient (Wildman–Crippen LogP) is 4.18. The number of thiophene rings is 1. The lowest BCUT2D eigenvalue weighted by molar-refractivity contribution is 0.0983. The van der Waals surface area contributed by atoms with Gasteiger partial charge in [0.1, 0.15) is 0 Å². The maximum atomic E-state index is 12.0. The Balaban J connectivity index is 2.02. The molecule has 0 saturated carbocycles. The van der Waals surface area contributed by atoms with Crippen LogP contribution in [0.25, 0.3) is 0 Å². The van der Waals surface area contributed by atoms with Crippen LogP contribution in [0.5, 0.6) is 0 Å². The molecule has 0 spiro atoms. The molecular formula is C15H16OS. The number of carbonyl (C=O) groups is 1. The van der Waals surface area contributed by atoms with Crippen LogP contribution in [0, 0.1) is 13.8 Å². The van der Waals surface area contributed by atoms with Crippen LogP contribution in [0.3, 0.4) is 0 Å². The number of Topliss-reactive ketones (excluding diaryl/α,β-unsaturated/α-hetero) is 1. The SMILES string of the molecule is Cc1ccccc1CCC(=O)c1ccsc1C. The Morgan fingerprint density at radius 2 is 1.94 bits per heavy atom. The van der Waals surface area contributed by atoms with Gasteiger partial charge >= 0.3 is 0 Å². The van der Waals surface area contributed by atoms with Crippen molar-refractivity contribution in [3.63, 3.8) is 0 Å². The van der Waals surface area contributed by atoms with Gasteiger partial charge in [-0.3, -0.25) is 4.79 Å². The molecule has 2 heteroatoms. The minimum atomic E-state index is 0.256. The minimum absolute atomic E-state index is 0.256. The molecule has 1 aromatic carbocycles. The normalized spacial score (nSPS) is 10.5. The lowest BCUT2D eigenvalue weighted by Crippen LogP contribution is -2.02. The van der Waals surface area contributed by atoms with E-state index in [0.29, 0.717) is 6.42 Å². The van der Waals surface area contributed by atoms with Gasteiger partial charge in [0, 0.05) is 16.9 Å². The number of aryl methyl sites for hydroxylation is 3. The Hall–Kier alpha value is -1.41. The highest BCUT2D eigenvalue weighted by Gasteiger charge is 2.10. The molecule has 2 rings (SSSR count). The molecule has 0 bridgehead atoms. The number of benzene rings is 1. The number of hydrogen-bond acceptors (Lipinski definition) is 2. The summed E-state index contributed by atoms with van der Waals surface area (Å²) in [4.78, 5) is 13.1. The summed E-state index contributed by atoms with van der Waals surface area (Å²) >= 11 is 1.64. The predicted molar refractivity (Wildman–Crippen MR) is 72.9 cm³/mol. The molecule has 0 atom stereocenters. The van der Waals surface area contributed by atoms with Crippen molar-refractivity contribution >= 4 is 17.1 Å². The van der Waals surface area contributed by atoms with Crippen LogP contribution in [0.1, 0.15) is 32.8 Å². The summed E-state index contributed by atoms with van der Waals surface area (Å²) in [6.45, 7) is 4.10. The van der Waals surface area contributed by atoms with E-state index < -0.39 is 0 Å². The quantitative estimate of drug-likeness (QED) is 0.737. The zero-order valence-electron chi connectivity index (χ0n) is 10.2. The van der Waals surface area contributed by atoms with E-state index >= 15 is 0 Å². The molecule has 88 valence electrons. The monoisotopic (exact) mass is 244 g/mol.